The second-order valence-corrected chi connectivity index (χ2v) is 4.58. The number of nitriles is 1. The van der Waals surface area contributed by atoms with E-state index in [1.165, 1.54) is 0 Å². The molecule has 1 aromatic rings. The zero-order chi connectivity index (χ0) is 14.3. The second-order valence-electron chi connectivity index (χ2n) is 4.17. The summed E-state index contributed by atoms with van der Waals surface area (Å²) in [6.07, 6.45) is 0.756. The minimum atomic E-state index is -0.701. The molecule has 0 unspecified atom stereocenters. The summed E-state index contributed by atoms with van der Waals surface area (Å²) >= 11 is 5.95. The van der Waals surface area contributed by atoms with Gasteiger partial charge >= 0.3 is 0 Å². The molecule has 0 fully saturated rings. The molecule has 1 amide bonds. The number of para-hydroxylation sites is 1. The summed E-state index contributed by atoms with van der Waals surface area (Å²) in [5.41, 5.74) is 0. The van der Waals surface area contributed by atoms with E-state index in [0.717, 1.165) is 6.42 Å². The SMILES string of the molecule is CCC[C@H](C#N)NC(=O)[C@H](C)Oc1ccccc1Cl. The molecular weight excluding hydrogens is 264 g/mol. The highest BCUT2D eigenvalue weighted by atomic mass is 35.5. The first kappa shape index (κ1) is 15.3. The van der Waals surface area contributed by atoms with Gasteiger partial charge in [0.1, 0.15) is 11.8 Å². The number of hydrogen-bond acceptors (Lipinski definition) is 3. The number of rotatable bonds is 6. The number of benzene rings is 1. The van der Waals surface area contributed by atoms with Gasteiger partial charge in [0.2, 0.25) is 0 Å². The van der Waals surface area contributed by atoms with Crippen molar-refractivity contribution in [3.8, 4) is 11.8 Å². The summed E-state index contributed by atoms with van der Waals surface area (Å²) in [6.45, 7) is 3.58. The Bertz CT molecular complexity index is 471. The molecule has 0 bridgehead atoms. The van der Waals surface area contributed by atoms with Crippen molar-refractivity contribution in [3.05, 3.63) is 29.3 Å². The average molecular weight is 281 g/mol. The summed E-state index contributed by atoms with van der Waals surface area (Å²) in [7, 11) is 0. The number of hydrogen-bond donors (Lipinski definition) is 1. The molecule has 0 heterocycles. The molecule has 1 aromatic carbocycles. The lowest BCUT2D eigenvalue weighted by molar-refractivity contribution is -0.127. The van der Waals surface area contributed by atoms with Crippen LogP contribution in [0.3, 0.4) is 0 Å². The Morgan fingerprint density at radius 3 is 2.79 bits per heavy atom. The zero-order valence-corrected chi connectivity index (χ0v) is 11.8. The highest BCUT2D eigenvalue weighted by molar-refractivity contribution is 6.32. The molecule has 0 spiro atoms. The lowest BCUT2D eigenvalue weighted by Gasteiger charge is -2.17. The molecule has 0 aliphatic rings. The van der Waals surface area contributed by atoms with Crippen molar-refractivity contribution >= 4 is 17.5 Å². The summed E-state index contributed by atoms with van der Waals surface area (Å²) in [6, 6.07) is 8.52. The van der Waals surface area contributed by atoms with Gasteiger partial charge in [0.05, 0.1) is 11.1 Å². The van der Waals surface area contributed by atoms with Crippen LogP contribution in [0, 0.1) is 11.3 Å². The third kappa shape index (κ3) is 4.80. The van der Waals surface area contributed by atoms with Crippen molar-refractivity contribution in [2.45, 2.75) is 38.8 Å². The number of amides is 1. The molecule has 5 heteroatoms. The van der Waals surface area contributed by atoms with E-state index < -0.39 is 12.1 Å². The lowest BCUT2D eigenvalue weighted by Crippen LogP contribution is -2.41. The summed E-state index contributed by atoms with van der Waals surface area (Å²) in [4.78, 5) is 11.9. The third-order valence-corrected chi connectivity index (χ3v) is 2.87. The van der Waals surface area contributed by atoms with Crippen LogP contribution in [0.15, 0.2) is 24.3 Å². The molecule has 0 aromatic heterocycles. The van der Waals surface area contributed by atoms with Crippen LogP contribution in [0.25, 0.3) is 0 Å². The molecule has 0 saturated carbocycles. The molecule has 0 saturated heterocycles. The Morgan fingerprint density at radius 1 is 1.53 bits per heavy atom. The zero-order valence-electron chi connectivity index (χ0n) is 11.0. The normalized spacial score (nSPS) is 13.2. The minimum Gasteiger partial charge on any atom is -0.479 e. The van der Waals surface area contributed by atoms with Crippen molar-refractivity contribution in [2.75, 3.05) is 0 Å². The molecule has 2 atom stereocenters. The van der Waals surface area contributed by atoms with E-state index in [4.69, 9.17) is 21.6 Å². The standard InChI is InChI=1S/C14H17ClN2O2/c1-3-6-11(9-16)17-14(18)10(2)19-13-8-5-4-7-12(13)15/h4-5,7-8,10-11H,3,6H2,1-2H3,(H,17,18)/t10-,11+/m0/s1. The van der Waals surface area contributed by atoms with Crippen molar-refractivity contribution in [1.29, 1.82) is 5.26 Å². The number of carbonyl (C=O) groups is 1. The Labute approximate surface area is 118 Å². The van der Waals surface area contributed by atoms with Crippen molar-refractivity contribution in [3.63, 3.8) is 0 Å². The predicted molar refractivity (Wildman–Crippen MR) is 74.0 cm³/mol. The van der Waals surface area contributed by atoms with Gasteiger partial charge in [-0.15, -0.1) is 0 Å². The van der Waals surface area contributed by atoms with Crippen LogP contribution in [0.1, 0.15) is 26.7 Å². The van der Waals surface area contributed by atoms with E-state index in [9.17, 15) is 4.79 Å². The van der Waals surface area contributed by atoms with E-state index in [0.29, 0.717) is 17.2 Å². The van der Waals surface area contributed by atoms with Crippen LogP contribution in [0.5, 0.6) is 5.75 Å². The maximum Gasteiger partial charge on any atom is 0.261 e. The maximum atomic E-state index is 11.9. The smallest absolute Gasteiger partial charge is 0.261 e. The van der Waals surface area contributed by atoms with E-state index in [2.05, 4.69) is 11.4 Å². The third-order valence-electron chi connectivity index (χ3n) is 2.56. The molecule has 0 radical (unpaired) electrons. The number of nitrogens with one attached hydrogen (secondary N) is 1. The van der Waals surface area contributed by atoms with Gasteiger partial charge in [-0.2, -0.15) is 5.26 Å². The molecule has 19 heavy (non-hydrogen) atoms. The monoisotopic (exact) mass is 280 g/mol. The van der Waals surface area contributed by atoms with Gasteiger partial charge in [-0.05, 0) is 25.5 Å². The van der Waals surface area contributed by atoms with E-state index in [1.807, 2.05) is 6.92 Å². The van der Waals surface area contributed by atoms with Crippen LogP contribution >= 0.6 is 11.6 Å². The van der Waals surface area contributed by atoms with Crippen LogP contribution in [0.2, 0.25) is 5.02 Å². The topological polar surface area (TPSA) is 62.1 Å². The Balaban J connectivity index is 2.58. The maximum absolute atomic E-state index is 11.9. The first-order valence-electron chi connectivity index (χ1n) is 6.19. The van der Waals surface area contributed by atoms with Gasteiger partial charge in [0, 0.05) is 0 Å². The average Bonchev–Trinajstić information content (AvgIpc) is 2.40. The summed E-state index contributed by atoms with van der Waals surface area (Å²) < 4.78 is 5.48. The predicted octanol–water partition coefficient (Wildman–Crippen LogP) is 2.92. The van der Waals surface area contributed by atoms with Gasteiger partial charge in [-0.25, -0.2) is 0 Å². The molecule has 0 aliphatic carbocycles. The molecule has 0 aliphatic heterocycles. The van der Waals surface area contributed by atoms with Gasteiger partial charge < -0.3 is 10.1 Å². The number of halogens is 1. The number of carbonyl (C=O) groups excluding carboxylic acids is 1. The van der Waals surface area contributed by atoms with Crippen LogP contribution < -0.4 is 10.1 Å². The fraction of sp³-hybridized carbons (Fsp3) is 0.429. The van der Waals surface area contributed by atoms with Gasteiger partial charge in [0.15, 0.2) is 6.10 Å². The summed E-state index contributed by atoms with van der Waals surface area (Å²) in [5.74, 6) is 0.135. The Kier molecular flexibility index (Phi) is 6.17. The molecule has 4 nitrogen and oxygen atoms in total. The first-order valence-corrected chi connectivity index (χ1v) is 6.57. The van der Waals surface area contributed by atoms with E-state index in [1.54, 1.807) is 31.2 Å². The van der Waals surface area contributed by atoms with Crippen LogP contribution in [-0.4, -0.2) is 18.1 Å². The van der Waals surface area contributed by atoms with Crippen LogP contribution in [0.4, 0.5) is 0 Å². The van der Waals surface area contributed by atoms with Gasteiger partial charge in [-0.3, -0.25) is 4.79 Å². The van der Waals surface area contributed by atoms with Crippen molar-refractivity contribution in [1.82, 2.24) is 5.32 Å². The van der Waals surface area contributed by atoms with E-state index >= 15 is 0 Å². The number of nitrogens with zero attached hydrogens (tertiary/aromatic N) is 1. The highest BCUT2D eigenvalue weighted by Crippen LogP contribution is 2.24. The van der Waals surface area contributed by atoms with Gasteiger partial charge in [0.25, 0.3) is 5.91 Å². The fourth-order valence-electron chi connectivity index (χ4n) is 1.53. The second kappa shape index (κ2) is 7.65. The Morgan fingerprint density at radius 2 is 2.21 bits per heavy atom. The Hall–Kier alpha value is -1.73. The summed E-state index contributed by atoms with van der Waals surface area (Å²) in [5, 5.41) is 12.0. The fourth-order valence-corrected chi connectivity index (χ4v) is 1.71. The number of ether oxygens (including phenoxy) is 1. The minimum absolute atomic E-state index is 0.320. The molecular formula is C14H17ClN2O2. The van der Waals surface area contributed by atoms with Crippen molar-refractivity contribution < 1.29 is 9.53 Å². The molecule has 102 valence electrons. The van der Waals surface area contributed by atoms with Crippen LogP contribution in [-0.2, 0) is 4.79 Å². The molecule has 1 N–H and O–H groups in total. The largest absolute Gasteiger partial charge is 0.479 e. The van der Waals surface area contributed by atoms with Gasteiger partial charge in [-0.1, -0.05) is 37.1 Å². The highest BCUT2D eigenvalue weighted by Gasteiger charge is 2.19. The quantitative estimate of drug-likeness (QED) is 0.871. The molecule has 1 rings (SSSR count). The first-order chi connectivity index (χ1) is 9.08. The van der Waals surface area contributed by atoms with E-state index in [-0.39, 0.29) is 5.91 Å². The van der Waals surface area contributed by atoms with Crippen molar-refractivity contribution in [2.24, 2.45) is 0 Å². The lowest BCUT2D eigenvalue weighted by atomic mass is 10.2.